The van der Waals surface area contributed by atoms with E-state index in [2.05, 4.69) is 15.5 Å². The Morgan fingerprint density at radius 3 is 2.23 bits per heavy atom. The SMILES string of the molecule is COc1cc(OC)cc(C(=O)N[C@H](C(=O)OCc2nc(CC(C)C)no2)C(C)C)c1. The Labute approximate surface area is 176 Å². The molecule has 2 rings (SSSR count). The first-order valence-electron chi connectivity index (χ1n) is 9.75. The Bertz CT molecular complexity index is 840. The quantitative estimate of drug-likeness (QED) is 0.585. The highest BCUT2D eigenvalue weighted by molar-refractivity contribution is 5.97. The van der Waals surface area contributed by atoms with Gasteiger partial charge in [-0.25, -0.2) is 4.79 Å². The van der Waals surface area contributed by atoms with Gasteiger partial charge < -0.3 is 24.1 Å². The lowest BCUT2D eigenvalue weighted by Gasteiger charge is -2.20. The Morgan fingerprint density at radius 1 is 1.07 bits per heavy atom. The van der Waals surface area contributed by atoms with Gasteiger partial charge in [0.15, 0.2) is 12.4 Å². The van der Waals surface area contributed by atoms with Gasteiger partial charge in [0.2, 0.25) is 0 Å². The molecule has 1 atom stereocenters. The minimum absolute atomic E-state index is 0.157. The average molecular weight is 419 g/mol. The molecule has 0 fully saturated rings. The molecular formula is C21H29N3O6. The van der Waals surface area contributed by atoms with Crippen molar-refractivity contribution < 1.29 is 28.3 Å². The van der Waals surface area contributed by atoms with E-state index in [1.807, 2.05) is 27.7 Å². The molecule has 1 N–H and O–H groups in total. The smallest absolute Gasteiger partial charge is 0.329 e. The van der Waals surface area contributed by atoms with Crippen molar-refractivity contribution in [3.8, 4) is 11.5 Å². The van der Waals surface area contributed by atoms with E-state index in [-0.39, 0.29) is 18.4 Å². The van der Waals surface area contributed by atoms with E-state index < -0.39 is 17.9 Å². The molecular weight excluding hydrogens is 390 g/mol. The second-order valence-corrected chi connectivity index (χ2v) is 7.61. The third kappa shape index (κ3) is 6.47. The highest BCUT2D eigenvalue weighted by atomic mass is 16.6. The minimum Gasteiger partial charge on any atom is -0.497 e. The summed E-state index contributed by atoms with van der Waals surface area (Å²) in [4.78, 5) is 29.5. The molecule has 0 bridgehead atoms. The Kier molecular flexibility index (Phi) is 8.20. The number of rotatable bonds is 10. The molecule has 1 heterocycles. The topological polar surface area (TPSA) is 113 Å². The second-order valence-electron chi connectivity index (χ2n) is 7.61. The van der Waals surface area contributed by atoms with Crippen LogP contribution in [0.15, 0.2) is 22.7 Å². The number of carbonyl (C=O) groups is 2. The van der Waals surface area contributed by atoms with Gasteiger partial charge in [0.1, 0.15) is 17.5 Å². The Balaban J connectivity index is 2.03. The van der Waals surface area contributed by atoms with Gasteiger partial charge in [-0.2, -0.15) is 4.98 Å². The van der Waals surface area contributed by atoms with E-state index in [1.54, 1.807) is 18.2 Å². The van der Waals surface area contributed by atoms with E-state index in [0.29, 0.717) is 35.2 Å². The molecule has 9 heteroatoms. The molecule has 1 amide bonds. The molecule has 9 nitrogen and oxygen atoms in total. The summed E-state index contributed by atoms with van der Waals surface area (Å²) in [5.74, 6) is 0.870. The van der Waals surface area contributed by atoms with Crippen LogP contribution in [0.25, 0.3) is 0 Å². The molecule has 0 aliphatic rings. The van der Waals surface area contributed by atoms with E-state index >= 15 is 0 Å². The van der Waals surface area contributed by atoms with Crippen LogP contribution in [0.3, 0.4) is 0 Å². The molecule has 0 saturated heterocycles. The van der Waals surface area contributed by atoms with Crippen molar-refractivity contribution in [2.45, 2.75) is 46.8 Å². The van der Waals surface area contributed by atoms with Crippen LogP contribution in [0.2, 0.25) is 0 Å². The first kappa shape index (κ1) is 23.2. The Hall–Kier alpha value is -3.10. The molecule has 0 aliphatic heterocycles. The lowest BCUT2D eigenvalue weighted by molar-refractivity contribution is -0.149. The third-order valence-corrected chi connectivity index (χ3v) is 4.26. The number of ether oxygens (including phenoxy) is 3. The summed E-state index contributed by atoms with van der Waals surface area (Å²) in [6.45, 7) is 7.56. The number of aromatic nitrogens is 2. The van der Waals surface area contributed by atoms with Crippen LogP contribution in [0, 0.1) is 11.8 Å². The second kappa shape index (κ2) is 10.6. The highest BCUT2D eigenvalue weighted by Crippen LogP contribution is 2.22. The number of nitrogens with one attached hydrogen (secondary N) is 1. The minimum atomic E-state index is -0.854. The summed E-state index contributed by atoms with van der Waals surface area (Å²) in [5, 5.41) is 6.58. The monoisotopic (exact) mass is 419 g/mol. The molecule has 1 aromatic carbocycles. The van der Waals surface area contributed by atoms with Gasteiger partial charge in [0, 0.05) is 18.1 Å². The summed E-state index contributed by atoms with van der Waals surface area (Å²) >= 11 is 0. The Morgan fingerprint density at radius 2 is 1.70 bits per heavy atom. The van der Waals surface area contributed by atoms with Crippen LogP contribution in [0.5, 0.6) is 11.5 Å². The van der Waals surface area contributed by atoms with Crippen LogP contribution in [0.4, 0.5) is 0 Å². The van der Waals surface area contributed by atoms with E-state index in [4.69, 9.17) is 18.7 Å². The fraction of sp³-hybridized carbons (Fsp3) is 0.524. The normalized spacial score (nSPS) is 12.0. The van der Waals surface area contributed by atoms with E-state index in [9.17, 15) is 9.59 Å². The van der Waals surface area contributed by atoms with Crippen molar-refractivity contribution in [2.24, 2.45) is 11.8 Å². The number of benzene rings is 1. The van der Waals surface area contributed by atoms with Crippen molar-refractivity contribution in [3.63, 3.8) is 0 Å². The standard InChI is InChI=1S/C21H29N3O6/c1-12(2)7-17-22-18(30-24-17)11-29-21(26)19(13(3)4)23-20(25)14-8-15(27-5)10-16(9-14)28-6/h8-10,12-13,19H,7,11H2,1-6H3,(H,23,25)/t19-/m0/s1. The summed E-state index contributed by atoms with van der Waals surface area (Å²) in [5.41, 5.74) is 0.305. The first-order chi connectivity index (χ1) is 14.2. The van der Waals surface area contributed by atoms with Crippen molar-refractivity contribution in [1.29, 1.82) is 0 Å². The van der Waals surface area contributed by atoms with Gasteiger partial charge >= 0.3 is 5.97 Å². The largest absolute Gasteiger partial charge is 0.497 e. The van der Waals surface area contributed by atoms with Crippen molar-refractivity contribution in [3.05, 3.63) is 35.5 Å². The molecule has 0 radical (unpaired) electrons. The number of hydrogen-bond acceptors (Lipinski definition) is 8. The van der Waals surface area contributed by atoms with Gasteiger partial charge in [-0.05, 0) is 24.0 Å². The predicted octanol–water partition coefficient (Wildman–Crippen LogP) is 2.78. The van der Waals surface area contributed by atoms with Crippen LogP contribution < -0.4 is 14.8 Å². The zero-order chi connectivity index (χ0) is 22.3. The number of hydrogen-bond donors (Lipinski definition) is 1. The zero-order valence-electron chi connectivity index (χ0n) is 18.2. The maximum absolute atomic E-state index is 12.7. The lowest BCUT2D eigenvalue weighted by atomic mass is 10.0. The highest BCUT2D eigenvalue weighted by Gasteiger charge is 2.27. The molecule has 0 unspecified atom stereocenters. The fourth-order valence-electron chi connectivity index (χ4n) is 2.68. The van der Waals surface area contributed by atoms with Gasteiger partial charge in [-0.1, -0.05) is 32.9 Å². The van der Waals surface area contributed by atoms with Gasteiger partial charge in [-0.15, -0.1) is 0 Å². The molecule has 1 aromatic heterocycles. The molecule has 30 heavy (non-hydrogen) atoms. The molecule has 0 spiro atoms. The van der Waals surface area contributed by atoms with Gasteiger partial charge in [0.05, 0.1) is 14.2 Å². The molecule has 0 saturated carbocycles. The summed E-state index contributed by atoms with van der Waals surface area (Å²) < 4.78 is 20.8. The summed E-state index contributed by atoms with van der Waals surface area (Å²) in [6, 6.07) is 3.93. The lowest BCUT2D eigenvalue weighted by Crippen LogP contribution is -2.45. The number of methoxy groups -OCH3 is 2. The predicted molar refractivity (Wildman–Crippen MR) is 108 cm³/mol. The van der Waals surface area contributed by atoms with E-state index in [0.717, 1.165) is 0 Å². The summed E-state index contributed by atoms with van der Waals surface area (Å²) in [7, 11) is 2.99. The van der Waals surface area contributed by atoms with Crippen molar-refractivity contribution >= 4 is 11.9 Å². The number of nitrogens with zero attached hydrogens (tertiary/aromatic N) is 2. The number of carbonyl (C=O) groups excluding carboxylic acids is 2. The van der Waals surface area contributed by atoms with Crippen LogP contribution in [-0.4, -0.2) is 42.3 Å². The molecule has 2 aromatic rings. The zero-order valence-corrected chi connectivity index (χ0v) is 18.2. The fourth-order valence-corrected chi connectivity index (χ4v) is 2.68. The average Bonchev–Trinajstić information content (AvgIpc) is 3.15. The molecule has 0 aliphatic carbocycles. The van der Waals surface area contributed by atoms with Crippen molar-refractivity contribution in [2.75, 3.05) is 14.2 Å². The summed E-state index contributed by atoms with van der Waals surface area (Å²) in [6.07, 6.45) is 0.673. The third-order valence-electron chi connectivity index (χ3n) is 4.26. The maximum Gasteiger partial charge on any atom is 0.329 e. The van der Waals surface area contributed by atoms with Gasteiger partial charge in [-0.3, -0.25) is 4.79 Å². The van der Waals surface area contributed by atoms with Crippen LogP contribution in [-0.2, 0) is 22.6 Å². The number of esters is 1. The van der Waals surface area contributed by atoms with Crippen molar-refractivity contribution in [1.82, 2.24) is 15.5 Å². The van der Waals surface area contributed by atoms with Crippen LogP contribution in [0.1, 0.15) is 49.8 Å². The van der Waals surface area contributed by atoms with Crippen LogP contribution >= 0.6 is 0 Å². The number of amides is 1. The van der Waals surface area contributed by atoms with Gasteiger partial charge in [0.25, 0.3) is 11.8 Å². The molecule has 164 valence electrons. The van der Waals surface area contributed by atoms with E-state index in [1.165, 1.54) is 14.2 Å². The first-order valence-corrected chi connectivity index (χ1v) is 9.75. The maximum atomic E-state index is 12.7.